The Labute approximate surface area is 296 Å². The largest absolute Gasteiger partial charge is 0.314 e. The van der Waals surface area contributed by atoms with Crippen molar-refractivity contribution in [2.75, 3.05) is 4.90 Å². The fourth-order valence-corrected chi connectivity index (χ4v) is 8.10. The Morgan fingerprint density at radius 1 is 0.510 bits per heavy atom. The number of anilines is 2. The van der Waals surface area contributed by atoms with Crippen molar-refractivity contribution < 1.29 is 0 Å². The predicted octanol–water partition coefficient (Wildman–Crippen LogP) is 11.1. The Hall–Kier alpha value is -6.64. The molecule has 240 valence electrons. The zero-order chi connectivity index (χ0) is 33.9. The first kappa shape index (κ1) is 29.3. The lowest BCUT2D eigenvalue weighted by molar-refractivity contribution is 1.06. The molecule has 1 aliphatic heterocycles. The van der Waals surface area contributed by atoms with Crippen LogP contribution in [-0.4, -0.2) is 4.57 Å². The van der Waals surface area contributed by atoms with Crippen LogP contribution in [-0.2, 0) is 6.42 Å². The number of hydrogen-bond donors (Lipinski definition) is 0. The van der Waals surface area contributed by atoms with Gasteiger partial charge < -0.3 is 9.47 Å². The van der Waals surface area contributed by atoms with E-state index in [1.54, 1.807) is 0 Å². The summed E-state index contributed by atoms with van der Waals surface area (Å²) in [6, 6.07) is 61.6. The molecule has 8 aromatic carbocycles. The minimum atomic E-state index is 0.876. The number of nitrogens with zero attached hydrogens (tertiary/aromatic N) is 2. The fraction of sp³-hybridized carbons (Fsp3) is 0.0204. The Balaban J connectivity index is 1.32. The monoisotopic (exact) mass is 650 g/mol. The summed E-state index contributed by atoms with van der Waals surface area (Å²) in [5.74, 6) is 0. The highest BCUT2D eigenvalue weighted by Crippen LogP contribution is 2.39. The van der Waals surface area contributed by atoms with Crippen molar-refractivity contribution in [3.8, 4) is 5.69 Å². The molecule has 1 aliphatic rings. The van der Waals surface area contributed by atoms with E-state index in [-0.39, 0.29) is 0 Å². The lowest BCUT2D eigenvalue weighted by atomic mass is 9.96. The van der Waals surface area contributed by atoms with Gasteiger partial charge in [-0.1, -0.05) is 146 Å². The predicted molar refractivity (Wildman–Crippen MR) is 217 cm³/mol. The van der Waals surface area contributed by atoms with Crippen LogP contribution >= 0.6 is 0 Å². The Morgan fingerprint density at radius 3 is 2.06 bits per heavy atom. The summed E-state index contributed by atoms with van der Waals surface area (Å²) in [5.41, 5.74) is 9.26. The first-order valence-electron chi connectivity index (χ1n) is 17.6. The third-order valence-electron chi connectivity index (χ3n) is 10.5. The van der Waals surface area contributed by atoms with Crippen molar-refractivity contribution >= 4 is 72.4 Å². The standard InChI is InChI=1S/C49H34N2/c1-33-29-44-48(51(39-26-23-35-15-5-6-17-37(35)31-39)47-28-24-36-16-7-8-20-42(36)49(44)47)32-50(45-22-12-11-18-40(33)45)46-27-25-38(30-34-13-3-2-4-14-34)41-19-9-10-21-43(41)46/h2-29,31-32H,1,30H2/b44-29+,48-32+. The molecular weight excluding hydrogens is 617 g/mol. The van der Waals surface area contributed by atoms with E-state index >= 15 is 0 Å². The number of rotatable bonds is 4. The van der Waals surface area contributed by atoms with E-state index < -0.39 is 0 Å². The molecule has 2 nitrogen and oxygen atoms in total. The Bertz CT molecular complexity index is 2970. The third-order valence-corrected chi connectivity index (χ3v) is 10.5. The van der Waals surface area contributed by atoms with Gasteiger partial charge in [0.15, 0.2) is 0 Å². The van der Waals surface area contributed by atoms with Gasteiger partial charge in [0, 0.05) is 33.4 Å². The zero-order valence-electron chi connectivity index (χ0n) is 28.1. The number of hydrogen-bond acceptors (Lipinski definition) is 1. The van der Waals surface area contributed by atoms with Gasteiger partial charge in [-0.2, -0.15) is 0 Å². The zero-order valence-corrected chi connectivity index (χ0v) is 28.1. The van der Waals surface area contributed by atoms with Crippen LogP contribution in [0.2, 0.25) is 0 Å². The van der Waals surface area contributed by atoms with Crippen LogP contribution < -0.4 is 15.5 Å². The first-order chi connectivity index (χ1) is 25.2. The second-order valence-electron chi connectivity index (χ2n) is 13.5. The van der Waals surface area contributed by atoms with Gasteiger partial charge in [0.25, 0.3) is 0 Å². The molecule has 0 atom stereocenters. The van der Waals surface area contributed by atoms with Gasteiger partial charge in [-0.05, 0) is 86.5 Å². The maximum absolute atomic E-state index is 4.71. The summed E-state index contributed by atoms with van der Waals surface area (Å²) in [6.07, 6.45) is 5.54. The van der Waals surface area contributed by atoms with Gasteiger partial charge in [0.2, 0.25) is 0 Å². The number of aromatic nitrogens is 1. The van der Waals surface area contributed by atoms with Crippen molar-refractivity contribution in [2.24, 2.45) is 0 Å². The average Bonchev–Trinajstić information content (AvgIpc) is 3.49. The van der Waals surface area contributed by atoms with Gasteiger partial charge in [0.1, 0.15) is 0 Å². The van der Waals surface area contributed by atoms with Crippen LogP contribution in [0.5, 0.6) is 0 Å². The fourth-order valence-electron chi connectivity index (χ4n) is 8.10. The van der Waals surface area contributed by atoms with Gasteiger partial charge in [0.05, 0.1) is 22.2 Å². The van der Waals surface area contributed by atoms with Crippen molar-refractivity contribution in [2.45, 2.75) is 6.42 Å². The van der Waals surface area contributed by atoms with Crippen LogP contribution in [0, 0.1) is 0 Å². The highest BCUT2D eigenvalue weighted by atomic mass is 15.1. The Morgan fingerprint density at radius 2 is 1.20 bits per heavy atom. The highest BCUT2D eigenvalue weighted by Gasteiger charge is 2.21. The quantitative estimate of drug-likeness (QED) is 0.184. The molecule has 2 heteroatoms. The number of para-hydroxylation sites is 1. The topological polar surface area (TPSA) is 8.17 Å². The Kier molecular flexibility index (Phi) is 6.75. The molecule has 51 heavy (non-hydrogen) atoms. The van der Waals surface area contributed by atoms with E-state index in [1.807, 2.05) is 0 Å². The van der Waals surface area contributed by atoms with E-state index in [2.05, 4.69) is 192 Å². The van der Waals surface area contributed by atoms with Crippen LogP contribution in [0.1, 0.15) is 16.7 Å². The second-order valence-corrected chi connectivity index (χ2v) is 13.5. The number of benzene rings is 8. The SMILES string of the molecule is C=C1/C=c2\c(n(-c3ccc4ccccc4c3)c3ccc4ccccc4c23)=C/N(c2ccc(Cc3ccccc3)c3ccccc23)c2ccccc21. The highest BCUT2D eigenvalue weighted by molar-refractivity contribution is 6.10. The molecule has 0 amide bonds. The van der Waals surface area contributed by atoms with Crippen molar-refractivity contribution in [3.05, 3.63) is 204 Å². The summed E-state index contributed by atoms with van der Waals surface area (Å²) >= 11 is 0. The maximum atomic E-state index is 4.71. The molecule has 1 aromatic heterocycles. The molecule has 0 radical (unpaired) electrons. The van der Waals surface area contributed by atoms with Crippen molar-refractivity contribution in [3.63, 3.8) is 0 Å². The normalized spacial score (nSPS) is 14.0. The van der Waals surface area contributed by atoms with Crippen LogP contribution in [0.15, 0.2) is 176 Å². The smallest absolute Gasteiger partial charge is 0.0707 e. The molecule has 0 N–H and O–H groups in total. The third kappa shape index (κ3) is 4.80. The lowest BCUT2D eigenvalue weighted by Gasteiger charge is -2.27. The second kappa shape index (κ2) is 11.8. The molecule has 0 unspecified atom stereocenters. The molecule has 2 heterocycles. The molecule has 0 spiro atoms. The lowest BCUT2D eigenvalue weighted by Crippen LogP contribution is -2.33. The summed E-state index contributed by atoms with van der Waals surface area (Å²) in [7, 11) is 0. The number of fused-ring (bicyclic) bond motifs is 8. The van der Waals surface area contributed by atoms with E-state index in [0.717, 1.165) is 40.0 Å². The van der Waals surface area contributed by atoms with Crippen LogP contribution in [0.3, 0.4) is 0 Å². The molecule has 0 saturated carbocycles. The van der Waals surface area contributed by atoms with Crippen LogP contribution in [0.25, 0.3) is 66.8 Å². The van der Waals surface area contributed by atoms with E-state index in [4.69, 9.17) is 6.58 Å². The summed E-state index contributed by atoms with van der Waals surface area (Å²) in [4.78, 5) is 2.40. The van der Waals surface area contributed by atoms with Gasteiger partial charge >= 0.3 is 0 Å². The summed E-state index contributed by atoms with van der Waals surface area (Å²) in [5, 5.41) is 10.9. The van der Waals surface area contributed by atoms with Crippen molar-refractivity contribution in [1.29, 1.82) is 0 Å². The van der Waals surface area contributed by atoms with Gasteiger partial charge in [-0.3, -0.25) is 0 Å². The molecule has 0 aliphatic carbocycles. The molecule has 10 rings (SSSR count). The minimum Gasteiger partial charge on any atom is -0.314 e. The average molecular weight is 651 g/mol. The summed E-state index contributed by atoms with van der Waals surface area (Å²) in [6.45, 7) is 4.71. The van der Waals surface area contributed by atoms with E-state index in [9.17, 15) is 0 Å². The van der Waals surface area contributed by atoms with E-state index in [0.29, 0.717) is 0 Å². The maximum Gasteiger partial charge on any atom is 0.0707 e. The molecule has 0 saturated heterocycles. The molecule has 9 aromatic rings. The number of allylic oxidation sites excluding steroid dienone is 1. The van der Waals surface area contributed by atoms with Crippen LogP contribution in [0.4, 0.5) is 11.4 Å². The summed E-state index contributed by atoms with van der Waals surface area (Å²) < 4.78 is 2.44. The first-order valence-corrected chi connectivity index (χ1v) is 17.6. The van der Waals surface area contributed by atoms with Gasteiger partial charge in [-0.15, -0.1) is 0 Å². The molecule has 0 bridgehead atoms. The van der Waals surface area contributed by atoms with E-state index in [1.165, 1.54) is 59.6 Å². The van der Waals surface area contributed by atoms with Gasteiger partial charge in [-0.25, -0.2) is 0 Å². The van der Waals surface area contributed by atoms with Crippen molar-refractivity contribution in [1.82, 2.24) is 4.57 Å². The molecule has 0 fully saturated rings. The minimum absolute atomic E-state index is 0.876. The molecular formula is C49H34N2.